The van der Waals surface area contributed by atoms with Gasteiger partial charge in [0, 0.05) is 5.56 Å². The fourth-order valence-corrected chi connectivity index (χ4v) is 0.935. The van der Waals surface area contributed by atoms with Gasteiger partial charge in [-0.2, -0.15) is 5.10 Å². The summed E-state index contributed by atoms with van der Waals surface area (Å²) in [5.74, 6) is 0. The van der Waals surface area contributed by atoms with Crippen LogP contribution < -0.4 is 0 Å². The zero-order valence-electron chi connectivity index (χ0n) is 9.65. The highest BCUT2D eigenvalue weighted by molar-refractivity contribution is 5.73. The molecule has 0 fully saturated rings. The molecule has 1 aromatic rings. The Morgan fingerprint density at radius 3 is 2.07 bits per heavy atom. The predicted molar refractivity (Wildman–Crippen MR) is 64.0 cm³/mol. The third-order valence-electron chi connectivity index (χ3n) is 1.53. The van der Waals surface area contributed by atoms with Gasteiger partial charge in [-0.3, -0.25) is 5.10 Å². The largest absolute Gasteiger partial charge is 0.278 e. The lowest BCUT2D eigenvalue weighted by molar-refractivity contribution is 1.07. The first-order chi connectivity index (χ1) is 6.54. The number of hydrogen-bond donors (Lipinski definition) is 1. The number of nitrogens with one attached hydrogen (secondary N) is 1. The quantitative estimate of drug-likeness (QED) is 0.756. The summed E-state index contributed by atoms with van der Waals surface area (Å²) in [6.45, 7) is 15.8. The molecular weight excluding hydrogens is 172 g/mol. The Hall–Kier alpha value is -1.31. The SMILES string of the molecule is C=C(C)c1cn[nH]c1C(=C)C.CCC. The van der Waals surface area contributed by atoms with Crippen molar-refractivity contribution < 1.29 is 0 Å². The molecule has 1 heterocycles. The van der Waals surface area contributed by atoms with Crippen LogP contribution in [0, 0.1) is 0 Å². The molecular formula is C12H20N2. The van der Waals surface area contributed by atoms with Gasteiger partial charge in [-0.1, -0.05) is 33.4 Å². The van der Waals surface area contributed by atoms with Crippen LogP contribution in [0.1, 0.15) is 45.4 Å². The number of aromatic nitrogens is 2. The monoisotopic (exact) mass is 192 g/mol. The molecule has 1 aromatic heterocycles. The number of aromatic amines is 1. The molecule has 0 atom stereocenters. The molecule has 0 spiro atoms. The lowest BCUT2D eigenvalue weighted by Gasteiger charge is -1.99. The summed E-state index contributed by atoms with van der Waals surface area (Å²) in [6.07, 6.45) is 3.02. The number of H-pyrrole nitrogens is 1. The molecule has 0 aliphatic heterocycles. The summed E-state index contributed by atoms with van der Waals surface area (Å²) < 4.78 is 0. The minimum Gasteiger partial charge on any atom is -0.278 e. The van der Waals surface area contributed by atoms with E-state index < -0.39 is 0 Å². The van der Waals surface area contributed by atoms with E-state index in [1.165, 1.54) is 6.42 Å². The van der Waals surface area contributed by atoms with E-state index in [0.29, 0.717) is 0 Å². The number of hydrogen-bond acceptors (Lipinski definition) is 1. The minimum absolute atomic E-state index is 0.984. The van der Waals surface area contributed by atoms with Gasteiger partial charge in [0.25, 0.3) is 0 Å². The Kier molecular flexibility index (Phi) is 5.61. The second-order valence-electron chi connectivity index (χ2n) is 3.43. The smallest absolute Gasteiger partial charge is 0.0675 e. The van der Waals surface area contributed by atoms with Crippen LogP contribution in [0.3, 0.4) is 0 Å². The molecule has 0 saturated heterocycles. The first-order valence-corrected chi connectivity index (χ1v) is 4.89. The van der Waals surface area contributed by atoms with Gasteiger partial charge in [0.2, 0.25) is 0 Å². The summed E-state index contributed by atoms with van der Waals surface area (Å²) in [6, 6.07) is 0. The zero-order valence-corrected chi connectivity index (χ0v) is 9.65. The molecule has 0 radical (unpaired) electrons. The van der Waals surface area contributed by atoms with Crippen LogP contribution in [0.5, 0.6) is 0 Å². The van der Waals surface area contributed by atoms with Gasteiger partial charge < -0.3 is 0 Å². The normalized spacial score (nSPS) is 8.86. The van der Waals surface area contributed by atoms with Gasteiger partial charge in [0.05, 0.1) is 11.9 Å². The average molecular weight is 192 g/mol. The Bertz CT molecular complexity index is 279. The van der Waals surface area contributed by atoms with Crippen molar-refractivity contribution in [1.29, 1.82) is 0 Å². The number of nitrogens with zero attached hydrogens (tertiary/aromatic N) is 1. The van der Waals surface area contributed by atoms with Crippen LogP contribution in [0.25, 0.3) is 11.1 Å². The number of allylic oxidation sites excluding steroid dienone is 2. The predicted octanol–water partition coefficient (Wildman–Crippen LogP) is 3.89. The van der Waals surface area contributed by atoms with Crippen LogP contribution >= 0.6 is 0 Å². The molecule has 0 aliphatic rings. The molecule has 2 nitrogen and oxygen atoms in total. The van der Waals surface area contributed by atoms with E-state index in [9.17, 15) is 0 Å². The van der Waals surface area contributed by atoms with Crippen molar-refractivity contribution in [2.75, 3.05) is 0 Å². The fraction of sp³-hybridized carbons (Fsp3) is 0.417. The molecule has 78 valence electrons. The lowest BCUT2D eigenvalue weighted by Crippen LogP contribution is -1.83. The second-order valence-corrected chi connectivity index (χ2v) is 3.43. The van der Waals surface area contributed by atoms with Gasteiger partial charge in [-0.25, -0.2) is 0 Å². The molecule has 0 bridgehead atoms. The van der Waals surface area contributed by atoms with Crippen LogP contribution in [0.15, 0.2) is 19.4 Å². The molecule has 1 N–H and O–H groups in total. The van der Waals surface area contributed by atoms with E-state index in [0.717, 1.165) is 22.4 Å². The van der Waals surface area contributed by atoms with Crippen LogP contribution in [0.2, 0.25) is 0 Å². The summed E-state index contributed by atoms with van der Waals surface area (Å²) in [7, 11) is 0. The summed E-state index contributed by atoms with van der Waals surface area (Å²) in [5.41, 5.74) is 4.03. The number of rotatable bonds is 2. The molecule has 2 heteroatoms. The van der Waals surface area contributed by atoms with Crippen molar-refractivity contribution in [2.24, 2.45) is 0 Å². The highest BCUT2D eigenvalue weighted by Crippen LogP contribution is 2.19. The van der Waals surface area contributed by atoms with Crippen molar-refractivity contribution in [3.63, 3.8) is 0 Å². The maximum absolute atomic E-state index is 3.92. The van der Waals surface area contributed by atoms with E-state index >= 15 is 0 Å². The molecule has 0 saturated carbocycles. The van der Waals surface area contributed by atoms with Crippen LogP contribution in [0.4, 0.5) is 0 Å². The minimum atomic E-state index is 0.984. The topological polar surface area (TPSA) is 28.7 Å². The maximum atomic E-state index is 3.92. The third-order valence-corrected chi connectivity index (χ3v) is 1.53. The second kappa shape index (κ2) is 6.19. The van der Waals surface area contributed by atoms with Gasteiger partial charge >= 0.3 is 0 Å². The van der Waals surface area contributed by atoms with E-state index in [4.69, 9.17) is 0 Å². The Morgan fingerprint density at radius 1 is 1.29 bits per heavy atom. The van der Waals surface area contributed by atoms with Gasteiger partial charge in [0.15, 0.2) is 0 Å². The van der Waals surface area contributed by atoms with Gasteiger partial charge in [-0.05, 0) is 25.0 Å². The molecule has 1 rings (SSSR count). The van der Waals surface area contributed by atoms with E-state index in [1.54, 1.807) is 6.20 Å². The van der Waals surface area contributed by atoms with Crippen molar-refractivity contribution in [1.82, 2.24) is 10.2 Å². The summed E-state index contributed by atoms with van der Waals surface area (Å²) in [4.78, 5) is 0. The fourth-order valence-electron chi connectivity index (χ4n) is 0.935. The maximum Gasteiger partial charge on any atom is 0.0675 e. The van der Waals surface area contributed by atoms with Crippen LogP contribution in [-0.2, 0) is 0 Å². The highest BCUT2D eigenvalue weighted by atomic mass is 15.1. The van der Waals surface area contributed by atoms with Crippen molar-refractivity contribution in [3.05, 3.63) is 30.6 Å². The Morgan fingerprint density at radius 2 is 1.79 bits per heavy atom. The lowest BCUT2D eigenvalue weighted by atomic mass is 10.1. The Balaban J connectivity index is 0.000000500. The van der Waals surface area contributed by atoms with E-state index in [1.807, 2.05) is 13.8 Å². The van der Waals surface area contributed by atoms with Crippen molar-refractivity contribution in [2.45, 2.75) is 34.1 Å². The first-order valence-electron chi connectivity index (χ1n) is 4.89. The summed E-state index contributed by atoms with van der Waals surface area (Å²) in [5, 5.41) is 6.79. The standard InChI is InChI=1S/C9H12N2.C3H8/c1-6(2)8-5-10-11-9(8)7(3)4;1-3-2/h5H,1,3H2,2,4H3,(H,10,11);3H2,1-2H3. The Labute approximate surface area is 86.7 Å². The van der Waals surface area contributed by atoms with E-state index in [2.05, 4.69) is 37.2 Å². The summed E-state index contributed by atoms with van der Waals surface area (Å²) >= 11 is 0. The molecule has 0 aromatic carbocycles. The van der Waals surface area contributed by atoms with Crippen molar-refractivity contribution >= 4 is 11.1 Å². The van der Waals surface area contributed by atoms with Crippen LogP contribution in [-0.4, -0.2) is 10.2 Å². The molecule has 0 unspecified atom stereocenters. The zero-order chi connectivity index (χ0) is 11.1. The molecule has 0 aliphatic carbocycles. The first kappa shape index (κ1) is 12.7. The highest BCUT2D eigenvalue weighted by Gasteiger charge is 2.04. The molecule has 14 heavy (non-hydrogen) atoms. The third kappa shape index (κ3) is 3.60. The van der Waals surface area contributed by atoms with Crippen molar-refractivity contribution in [3.8, 4) is 0 Å². The average Bonchev–Trinajstić information content (AvgIpc) is 2.52. The van der Waals surface area contributed by atoms with E-state index in [-0.39, 0.29) is 0 Å². The van der Waals surface area contributed by atoms with Gasteiger partial charge in [0.1, 0.15) is 0 Å². The molecule has 0 amide bonds. The van der Waals surface area contributed by atoms with Gasteiger partial charge in [-0.15, -0.1) is 0 Å².